The Morgan fingerprint density at radius 2 is 2.07 bits per heavy atom. The number of para-hydroxylation sites is 1. The van der Waals surface area contributed by atoms with E-state index in [9.17, 15) is 10.1 Å². The molecule has 0 fully saturated rings. The molecule has 2 aliphatic rings. The molecule has 5 heteroatoms. The lowest BCUT2D eigenvalue weighted by Crippen LogP contribution is -2.37. The van der Waals surface area contributed by atoms with Gasteiger partial charge in [-0.05, 0) is 61.1 Å². The molecule has 29 heavy (non-hydrogen) atoms. The highest BCUT2D eigenvalue weighted by atomic mass is 32.1. The molecule has 152 valence electrons. The first kappa shape index (κ1) is 20.0. The van der Waals surface area contributed by atoms with Gasteiger partial charge in [-0.15, -0.1) is 11.3 Å². The second kappa shape index (κ2) is 7.50. The van der Waals surface area contributed by atoms with Gasteiger partial charge in [-0.25, -0.2) is 0 Å². The number of carbonyl (C=O) groups excluding carboxylic acids is 1. The molecule has 1 aromatic heterocycles. The zero-order valence-electron chi connectivity index (χ0n) is 17.7. The van der Waals surface area contributed by atoms with Gasteiger partial charge < -0.3 is 10.2 Å². The fourth-order valence-electron chi connectivity index (χ4n) is 4.72. The topological polar surface area (TPSA) is 56.1 Å². The summed E-state index contributed by atoms with van der Waals surface area (Å²) in [5.41, 5.74) is 4.55. The highest BCUT2D eigenvalue weighted by Gasteiger charge is 2.33. The van der Waals surface area contributed by atoms with E-state index >= 15 is 0 Å². The smallest absolute Gasteiger partial charge is 0.244 e. The maximum Gasteiger partial charge on any atom is 0.244 e. The minimum Gasteiger partial charge on any atom is -0.359 e. The van der Waals surface area contributed by atoms with Gasteiger partial charge in [0.1, 0.15) is 11.1 Å². The van der Waals surface area contributed by atoms with Crippen LogP contribution in [0.4, 0.5) is 10.7 Å². The molecule has 0 saturated heterocycles. The number of nitrogens with one attached hydrogen (secondary N) is 1. The van der Waals surface area contributed by atoms with Crippen molar-refractivity contribution in [3.63, 3.8) is 0 Å². The summed E-state index contributed by atoms with van der Waals surface area (Å²) < 4.78 is 0. The molecule has 0 saturated carbocycles. The third-order valence-electron chi connectivity index (χ3n) is 6.52. The molecule has 2 unspecified atom stereocenters. The van der Waals surface area contributed by atoms with Crippen molar-refractivity contribution in [3.05, 3.63) is 45.8 Å². The van der Waals surface area contributed by atoms with E-state index in [2.05, 4.69) is 62.2 Å². The molecule has 0 radical (unpaired) electrons. The van der Waals surface area contributed by atoms with E-state index in [4.69, 9.17) is 0 Å². The van der Waals surface area contributed by atoms with Gasteiger partial charge in [0.05, 0.1) is 12.1 Å². The van der Waals surface area contributed by atoms with Crippen molar-refractivity contribution >= 4 is 27.9 Å². The lowest BCUT2D eigenvalue weighted by Gasteiger charge is -2.33. The second-order valence-electron chi connectivity index (χ2n) is 9.48. The number of hydrogen-bond acceptors (Lipinski definition) is 4. The molecule has 2 atom stereocenters. The molecule has 2 aromatic rings. The molecule has 1 amide bonds. The van der Waals surface area contributed by atoms with Crippen LogP contribution in [0.15, 0.2) is 24.3 Å². The van der Waals surface area contributed by atoms with E-state index in [0.29, 0.717) is 24.1 Å². The van der Waals surface area contributed by atoms with Crippen LogP contribution in [0.1, 0.15) is 55.7 Å². The van der Waals surface area contributed by atoms with Crippen molar-refractivity contribution in [3.8, 4) is 6.07 Å². The van der Waals surface area contributed by atoms with Crippen LogP contribution in [-0.4, -0.2) is 18.5 Å². The largest absolute Gasteiger partial charge is 0.359 e. The van der Waals surface area contributed by atoms with Gasteiger partial charge in [-0.2, -0.15) is 5.26 Å². The molecule has 1 aliphatic carbocycles. The summed E-state index contributed by atoms with van der Waals surface area (Å²) in [5, 5.41) is 13.6. The molecule has 0 spiro atoms. The molecule has 1 N–H and O–H groups in total. The van der Waals surface area contributed by atoms with Gasteiger partial charge >= 0.3 is 0 Å². The summed E-state index contributed by atoms with van der Waals surface area (Å²) in [6.45, 7) is 9.35. The second-order valence-corrected chi connectivity index (χ2v) is 10.6. The quantitative estimate of drug-likeness (QED) is 0.764. The summed E-state index contributed by atoms with van der Waals surface area (Å²) in [4.78, 5) is 16.3. The Morgan fingerprint density at radius 3 is 2.79 bits per heavy atom. The lowest BCUT2D eigenvalue weighted by molar-refractivity contribution is -0.115. The van der Waals surface area contributed by atoms with Gasteiger partial charge in [0, 0.05) is 16.6 Å². The molecule has 1 aromatic carbocycles. The average molecular weight is 408 g/mol. The van der Waals surface area contributed by atoms with Crippen LogP contribution < -0.4 is 10.2 Å². The number of fused-ring (bicyclic) bond motifs is 2. The van der Waals surface area contributed by atoms with Gasteiger partial charge in [-0.1, -0.05) is 39.0 Å². The molecule has 0 bridgehead atoms. The predicted molar refractivity (Wildman–Crippen MR) is 120 cm³/mol. The van der Waals surface area contributed by atoms with E-state index in [0.717, 1.165) is 41.9 Å². The summed E-state index contributed by atoms with van der Waals surface area (Å²) in [6.07, 6.45) is 4.01. The van der Waals surface area contributed by atoms with Crippen LogP contribution in [0.2, 0.25) is 0 Å². The summed E-state index contributed by atoms with van der Waals surface area (Å²) in [6, 6.07) is 11.0. The van der Waals surface area contributed by atoms with Crippen molar-refractivity contribution in [2.75, 3.05) is 16.8 Å². The highest BCUT2D eigenvalue weighted by Crippen LogP contribution is 2.44. The molecular weight excluding hydrogens is 378 g/mol. The Balaban J connectivity index is 1.51. The molecule has 4 rings (SSSR count). The first-order valence-corrected chi connectivity index (χ1v) is 11.3. The van der Waals surface area contributed by atoms with Gasteiger partial charge in [-0.3, -0.25) is 4.79 Å². The van der Waals surface area contributed by atoms with Crippen molar-refractivity contribution in [1.82, 2.24) is 0 Å². The number of nitrogens with zero attached hydrogens (tertiary/aromatic N) is 2. The zero-order chi connectivity index (χ0) is 20.8. The average Bonchev–Trinajstić information content (AvgIpc) is 3.17. The van der Waals surface area contributed by atoms with E-state index in [1.807, 2.05) is 6.07 Å². The highest BCUT2D eigenvalue weighted by molar-refractivity contribution is 7.16. The normalized spacial score (nSPS) is 20.7. The van der Waals surface area contributed by atoms with Crippen LogP contribution in [0.3, 0.4) is 0 Å². The van der Waals surface area contributed by atoms with Crippen molar-refractivity contribution in [2.24, 2.45) is 11.3 Å². The maximum absolute atomic E-state index is 12.9. The fourth-order valence-corrected chi connectivity index (χ4v) is 6.02. The Bertz CT molecular complexity index is 979. The first-order chi connectivity index (χ1) is 13.8. The Labute approximate surface area is 177 Å². The van der Waals surface area contributed by atoms with E-state index in [-0.39, 0.29) is 11.3 Å². The Hall–Kier alpha value is -2.32. The summed E-state index contributed by atoms with van der Waals surface area (Å²) >= 11 is 1.61. The Kier molecular flexibility index (Phi) is 5.16. The number of thiophene rings is 1. The van der Waals surface area contributed by atoms with Crippen LogP contribution in [0.25, 0.3) is 0 Å². The third-order valence-corrected chi connectivity index (χ3v) is 7.69. The predicted octanol–water partition coefficient (Wildman–Crippen LogP) is 5.16. The molecule has 1 aliphatic heterocycles. The third kappa shape index (κ3) is 3.79. The van der Waals surface area contributed by atoms with Crippen LogP contribution in [0.5, 0.6) is 0 Å². The number of hydrogen-bond donors (Lipinski definition) is 1. The number of amides is 1. The minimum absolute atomic E-state index is 0.0454. The monoisotopic (exact) mass is 407 g/mol. The lowest BCUT2D eigenvalue weighted by atomic mass is 9.72. The first-order valence-electron chi connectivity index (χ1n) is 10.5. The van der Waals surface area contributed by atoms with Gasteiger partial charge in [0.15, 0.2) is 0 Å². The number of benzene rings is 1. The molecule has 2 heterocycles. The number of carbonyl (C=O) groups is 1. The van der Waals surface area contributed by atoms with Crippen molar-refractivity contribution in [2.45, 2.75) is 59.4 Å². The minimum atomic E-state index is -0.0454. The Morgan fingerprint density at radius 1 is 1.31 bits per heavy atom. The van der Waals surface area contributed by atoms with E-state index < -0.39 is 0 Å². The van der Waals surface area contributed by atoms with E-state index in [1.165, 1.54) is 10.4 Å². The zero-order valence-corrected chi connectivity index (χ0v) is 18.5. The van der Waals surface area contributed by atoms with Crippen molar-refractivity contribution < 1.29 is 4.79 Å². The van der Waals surface area contributed by atoms with Crippen LogP contribution >= 0.6 is 11.3 Å². The van der Waals surface area contributed by atoms with Crippen LogP contribution in [0, 0.1) is 22.7 Å². The van der Waals surface area contributed by atoms with Gasteiger partial charge in [0.25, 0.3) is 0 Å². The standard InChI is InChI=1S/C24H29N3OS/c1-15-11-16-7-5-6-8-20(16)27(15)14-22(28)26-23-19(13-25)18-10-9-17(24(2,3)4)12-21(18)29-23/h5-8,15,17H,9-12,14H2,1-4H3,(H,26,28). The number of anilines is 2. The van der Waals surface area contributed by atoms with Crippen LogP contribution in [-0.2, 0) is 24.1 Å². The maximum atomic E-state index is 12.9. The summed E-state index contributed by atoms with van der Waals surface area (Å²) in [7, 11) is 0. The number of nitriles is 1. The fraction of sp³-hybridized carbons (Fsp3) is 0.500. The van der Waals surface area contributed by atoms with E-state index in [1.54, 1.807) is 11.3 Å². The van der Waals surface area contributed by atoms with Gasteiger partial charge in [0.2, 0.25) is 5.91 Å². The number of rotatable bonds is 3. The molecular formula is C24H29N3OS. The van der Waals surface area contributed by atoms with Crippen molar-refractivity contribution in [1.29, 1.82) is 5.26 Å². The SMILES string of the molecule is CC1Cc2ccccc2N1CC(=O)Nc1sc2c(c1C#N)CCC(C(C)(C)C)C2. The summed E-state index contributed by atoms with van der Waals surface area (Å²) in [5.74, 6) is 0.571. The molecule has 4 nitrogen and oxygen atoms in total.